The topological polar surface area (TPSA) is 71.4 Å². The van der Waals surface area contributed by atoms with Gasteiger partial charge in [-0.2, -0.15) is 0 Å². The van der Waals surface area contributed by atoms with E-state index in [2.05, 4.69) is 44.9 Å². The number of aryl methyl sites for hydroxylation is 1. The molecule has 0 saturated heterocycles. The number of anilines is 2. The maximum Gasteiger partial charge on any atom is 0.245 e. The summed E-state index contributed by atoms with van der Waals surface area (Å²) in [5.41, 5.74) is 3.27. The summed E-state index contributed by atoms with van der Waals surface area (Å²) in [5.74, 6) is -0.417. The molecule has 0 aliphatic heterocycles. The number of aromatic nitrogens is 1. The number of halogens is 1. The summed E-state index contributed by atoms with van der Waals surface area (Å²) >= 11 is 3.37. The predicted molar refractivity (Wildman–Crippen MR) is 130 cm³/mol. The molecule has 0 bridgehead atoms. The van der Waals surface area contributed by atoms with Crippen LogP contribution in [0, 0.1) is 0 Å². The summed E-state index contributed by atoms with van der Waals surface area (Å²) in [7, 11) is -3.65. The van der Waals surface area contributed by atoms with Crippen LogP contribution >= 0.6 is 15.9 Å². The van der Waals surface area contributed by atoms with Gasteiger partial charge >= 0.3 is 0 Å². The van der Waals surface area contributed by atoms with Crippen LogP contribution in [0.25, 0.3) is 21.8 Å². The number of hydrogen-bond acceptors (Lipinski definition) is 3. The molecule has 6 nitrogen and oxygen atoms in total. The SMILES string of the molecule is CCn1c2ccccc2c2cc(NC(=O)CN(c3ccccc3Br)S(C)(=O)=O)ccc21. The van der Waals surface area contributed by atoms with Crippen molar-refractivity contribution in [3.8, 4) is 0 Å². The van der Waals surface area contributed by atoms with Gasteiger partial charge in [-0.25, -0.2) is 8.42 Å². The van der Waals surface area contributed by atoms with Gasteiger partial charge in [-0.15, -0.1) is 0 Å². The van der Waals surface area contributed by atoms with Crippen LogP contribution in [0.4, 0.5) is 11.4 Å². The molecule has 0 radical (unpaired) electrons. The van der Waals surface area contributed by atoms with Crippen LogP contribution in [0.5, 0.6) is 0 Å². The summed E-state index contributed by atoms with van der Waals surface area (Å²) in [5, 5.41) is 5.00. The highest BCUT2D eigenvalue weighted by Crippen LogP contribution is 2.31. The number of amides is 1. The van der Waals surface area contributed by atoms with Crippen LogP contribution in [0.3, 0.4) is 0 Å². The van der Waals surface area contributed by atoms with E-state index in [1.54, 1.807) is 24.3 Å². The van der Waals surface area contributed by atoms with Crippen LogP contribution in [0.1, 0.15) is 6.92 Å². The zero-order chi connectivity index (χ0) is 22.2. The van der Waals surface area contributed by atoms with E-state index >= 15 is 0 Å². The largest absolute Gasteiger partial charge is 0.341 e. The van der Waals surface area contributed by atoms with Crippen LogP contribution in [-0.2, 0) is 21.4 Å². The maximum atomic E-state index is 12.8. The molecule has 31 heavy (non-hydrogen) atoms. The molecule has 1 amide bonds. The van der Waals surface area contributed by atoms with E-state index in [1.807, 2.05) is 30.3 Å². The number of nitrogens with zero attached hydrogens (tertiary/aromatic N) is 2. The fourth-order valence-electron chi connectivity index (χ4n) is 3.84. The zero-order valence-corrected chi connectivity index (χ0v) is 19.6. The molecule has 1 aromatic heterocycles. The normalized spacial score (nSPS) is 11.7. The van der Waals surface area contributed by atoms with Gasteiger partial charge in [0.1, 0.15) is 6.54 Å². The van der Waals surface area contributed by atoms with Crippen molar-refractivity contribution >= 4 is 65.0 Å². The van der Waals surface area contributed by atoms with Crippen molar-refractivity contribution in [1.29, 1.82) is 0 Å². The predicted octanol–water partition coefficient (Wildman–Crippen LogP) is 4.98. The Kier molecular flexibility index (Phi) is 5.77. The van der Waals surface area contributed by atoms with E-state index in [9.17, 15) is 13.2 Å². The smallest absolute Gasteiger partial charge is 0.245 e. The number of carbonyl (C=O) groups is 1. The minimum atomic E-state index is -3.65. The lowest BCUT2D eigenvalue weighted by Crippen LogP contribution is -2.37. The molecule has 0 unspecified atom stereocenters. The molecule has 3 aromatic carbocycles. The van der Waals surface area contributed by atoms with E-state index in [1.165, 1.54) is 0 Å². The first kappa shape index (κ1) is 21.4. The van der Waals surface area contributed by atoms with Crippen LogP contribution < -0.4 is 9.62 Å². The summed E-state index contributed by atoms with van der Waals surface area (Å²) in [6.45, 7) is 2.62. The summed E-state index contributed by atoms with van der Waals surface area (Å²) in [6, 6.07) is 20.8. The number of carbonyl (C=O) groups excluding carboxylic acids is 1. The van der Waals surface area contributed by atoms with Crippen molar-refractivity contribution in [2.24, 2.45) is 0 Å². The monoisotopic (exact) mass is 499 g/mol. The van der Waals surface area contributed by atoms with Crippen molar-refractivity contribution in [3.05, 3.63) is 71.2 Å². The van der Waals surface area contributed by atoms with E-state index in [0.29, 0.717) is 15.8 Å². The lowest BCUT2D eigenvalue weighted by atomic mass is 10.1. The van der Waals surface area contributed by atoms with Gasteiger partial charge in [0.15, 0.2) is 0 Å². The maximum absolute atomic E-state index is 12.8. The number of hydrogen-bond donors (Lipinski definition) is 1. The summed E-state index contributed by atoms with van der Waals surface area (Å²) in [6.07, 6.45) is 1.09. The number of sulfonamides is 1. The third kappa shape index (κ3) is 4.18. The van der Waals surface area contributed by atoms with Crippen LogP contribution in [0.15, 0.2) is 71.2 Å². The molecule has 0 atom stereocenters. The van der Waals surface area contributed by atoms with Gasteiger partial charge in [0, 0.05) is 38.5 Å². The Bertz CT molecular complexity index is 1400. The fourth-order valence-corrected chi connectivity index (χ4v) is 5.32. The van der Waals surface area contributed by atoms with Crippen molar-refractivity contribution in [2.45, 2.75) is 13.5 Å². The highest BCUT2D eigenvalue weighted by Gasteiger charge is 2.23. The average molecular weight is 500 g/mol. The van der Waals surface area contributed by atoms with Crippen molar-refractivity contribution in [3.63, 3.8) is 0 Å². The van der Waals surface area contributed by atoms with E-state index in [4.69, 9.17) is 0 Å². The Morgan fingerprint density at radius 1 is 1.00 bits per heavy atom. The molecule has 1 heterocycles. The second-order valence-electron chi connectivity index (χ2n) is 7.26. The quantitative estimate of drug-likeness (QED) is 0.406. The van der Waals surface area contributed by atoms with Crippen molar-refractivity contribution in [2.75, 3.05) is 22.4 Å². The van der Waals surface area contributed by atoms with Gasteiger partial charge in [-0.05, 0) is 59.3 Å². The van der Waals surface area contributed by atoms with Crippen molar-refractivity contribution in [1.82, 2.24) is 4.57 Å². The third-order valence-electron chi connectivity index (χ3n) is 5.18. The molecular formula is C23H22BrN3O3S. The van der Waals surface area contributed by atoms with Crippen LogP contribution in [0.2, 0.25) is 0 Å². The Labute approximate surface area is 189 Å². The van der Waals surface area contributed by atoms with E-state index < -0.39 is 15.9 Å². The second kappa shape index (κ2) is 8.36. The first-order valence-corrected chi connectivity index (χ1v) is 12.5. The molecule has 0 fully saturated rings. The standard InChI is InChI=1S/C23H22BrN3O3S/c1-3-26-20-10-6-4-8-17(20)18-14-16(12-13-21(18)26)25-23(28)15-27(31(2,29)30)22-11-7-5-9-19(22)24/h4-14H,3,15H2,1-2H3,(H,25,28). The van der Waals surface area contributed by atoms with Gasteiger partial charge in [0.2, 0.25) is 15.9 Å². The Morgan fingerprint density at radius 2 is 1.68 bits per heavy atom. The number of benzene rings is 3. The van der Waals surface area contributed by atoms with E-state index in [0.717, 1.165) is 38.9 Å². The Hall–Kier alpha value is -2.84. The lowest BCUT2D eigenvalue weighted by molar-refractivity contribution is -0.114. The molecule has 4 aromatic rings. The molecule has 8 heteroatoms. The van der Waals surface area contributed by atoms with Crippen molar-refractivity contribution < 1.29 is 13.2 Å². The Morgan fingerprint density at radius 3 is 2.39 bits per heavy atom. The minimum absolute atomic E-state index is 0.323. The molecule has 0 aliphatic carbocycles. The third-order valence-corrected chi connectivity index (χ3v) is 6.98. The second-order valence-corrected chi connectivity index (χ2v) is 10.0. The van der Waals surface area contributed by atoms with Crippen LogP contribution in [-0.4, -0.2) is 31.7 Å². The molecule has 160 valence electrons. The highest BCUT2D eigenvalue weighted by atomic mass is 79.9. The van der Waals surface area contributed by atoms with Gasteiger partial charge in [0.05, 0.1) is 11.9 Å². The molecule has 1 N–H and O–H groups in total. The summed E-state index contributed by atoms with van der Waals surface area (Å²) in [4.78, 5) is 12.8. The van der Waals surface area contributed by atoms with Gasteiger partial charge in [0.25, 0.3) is 0 Å². The number of fused-ring (bicyclic) bond motifs is 3. The van der Waals surface area contributed by atoms with Gasteiger partial charge in [-0.3, -0.25) is 9.10 Å². The van der Waals surface area contributed by atoms with Gasteiger partial charge < -0.3 is 9.88 Å². The molecule has 0 saturated carbocycles. The molecular weight excluding hydrogens is 478 g/mol. The lowest BCUT2D eigenvalue weighted by Gasteiger charge is -2.23. The molecule has 0 spiro atoms. The van der Waals surface area contributed by atoms with E-state index in [-0.39, 0.29) is 6.54 Å². The number of nitrogens with one attached hydrogen (secondary N) is 1. The minimum Gasteiger partial charge on any atom is -0.341 e. The summed E-state index contributed by atoms with van der Waals surface area (Å²) < 4.78 is 28.6. The first-order chi connectivity index (χ1) is 14.8. The zero-order valence-electron chi connectivity index (χ0n) is 17.2. The molecule has 4 rings (SSSR count). The fraction of sp³-hybridized carbons (Fsp3) is 0.174. The number of para-hydroxylation sites is 2. The number of rotatable bonds is 6. The average Bonchev–Trinajstić information content (AvgIpc) is 3.05. The molecule has 0 aliphatic rings. The van der Waals surface area contributed by atoms with Gasteiger partial charge in [-0.1, -0.05) is 30.3 Å². The Balaban J connectivity index is 1.65. The first-order valence-electron chi connectivity index (χ1n) is 9.82. The highest BCUT2D eigenvalue weighted by molar-refractivity contribution is 9.10.